The van der Waals surface area contributed by atoms with Crippen LogP contribution >= 0.6 is 0 Å². The Bertz CT molecular complexity index is 1280. The van der Waals surface area contributed by atoms with Crippen LogP contribution in [0.5, 0.6) is 0 Å². The number of hydrogen-bond donors (Lipinski definition) is 1. The van der Waals surface area contributed by atoms with E-state index in [-0.39, 0.29) is 13.1 Å². The van der Waals surface area contributed by atoms with Crippen molar-refractivity contribution in [2.24, 2.45) is 5.92 Å². The number of alkyl halides is 3. The average Bonchev–Trinajstić information content (AvgIpc) is 3.21. The highest BCUT2D eigenvalue weighted by Crippen LogP contribution is 2.34. The van der Waals surface area contributed by atoms with Crippen molar-refractivity contribution in [2.45, 2.75) is 38.6 Å². The monoisotopic (exact) mass is 483 g/mol. The summed E-state index contributed by atoms with van der Waals surface area (Å²) in [6, 6.07) is 13.8. The maximum Gasteiger partial charge on any atom is 0.416 e. The van der Waals surface area contributed by atoms with E-state index < -0.39 is 35.4 Å². The standard InChI is InChI=1S/C25H24F3N5O2/c1-24(2,3)35-23(34)33-13-16(12-29)20(14-33)30-22-19-7-5-4-6-18(19)21(31-32-22)15-8-10-17(11-9-15)25(26,27)28/h4-11,16,20H,13-14H2,1-3H3,(H,30,32)/t16-,20+/m1/s1. The van der Waals surface area contributed by atoms with Gasteiger partial charge in [0.05, 0.1) is 23.6 Å². The summed E-state index contributed by atoms with van der Waals surface area (Å²) in [7, 11) is 0. The van der Waals surface area contributed by atoms with Gasteiger partial charge in [0.1, 0.15) is 11.3 Å². The molecule has 1 amide bonds. The van der Waals surface area contributed by atoms with Crippen molar-refractivity contribution < 1.29 is 22.7 Å². The van der Waals surface area contributed by atoms with Gasteiger partial charge in [-0.1, -0.05) is 36.4 Å². The molecule has 1 fully saturated rings. The van der Waals surface area contributed by atoms with Crippen molar-refractivity contribution in [3.8, 4) is 17.3 Å². The van der Waals surface area contributed by atoms with Gasteiger partial charge in [0.2, 0.25) is 0 Å². The van der Waals surface area contributed by atoms with Crippen LogP contribution in [0.15, 0.2) is 48.5 Å². The number of nitrogens with one attached hydrogen (secondary N) is 1. The first-order valence-electron chi connectivity index (χ1n) is 11.0. The number of carbonyl (C=O) groups is 1. The number of rotatable bonds is 3. The van der Waals surface area contributed by atoms with Crippen molar-refractivity contribution in [1.82, 2.24) is 15.1 Å². The zero-order valence-electron chi connectivity index (χ0n) is 19.4. The highest BCUT2D eigenvalue weighted by atomic mass is 19.4. The maximum atomic E-state index is 12.9. The smallest absolute Gasteiger partial charge is 0.416 e. The zero-order chi connectivity index (χ0) is 25.4. The zero-order valence-corrected chi connectivity index (χ0v) is 19.4. The Morgan fingerprint density at radius 3 is 2.31 bits per heavy atom. The molecular formula is C25H24F3N5O2. The fourth-order valence-corrected chi connectivity index (χ4v) is 3.97. The molecule has 35 heavy (non-hydrogen) atoms. The number of hydrogen-bond acceptors (Lipinski definition) is 6. The predicted octanol–water partition coefficient (Wildman–Crippen LogP) is 5.49. The van der Waals surface area contributed by atoms with E-state index in [1.165, 1.54) is 17.0 Å². The molecule has 182 valence electrons. The summed E-state index contributed by atoms with van der Waals surface area (Å²) in [6.07, 6.45) is -4.91. The predicted molar refractivity (Wildman–Crippen MR) is 124 cm³/mol. The molecule has 1 N–H and O–H groups in total. The number of anilines is 1. The summed E-state index contributed by atoms with van der Waals surface area (Å²) in [5, 5.41) is 22.9. The highest BCUT2D eigenvalue weighted by molar-refractivity contribution is 6.00. The van der Waals surface area contributed by atoms with Crippen LogP contribution in [0.1, 0.15) is 26.3 Å². The van der Waals surface area contributed by atoms with Crippen LogP contribution in [0, 0.1) is 17.2 Å². The summed E-state index contributed by atoms with van der Waals surface area (Å²) in [5.74, 6) is -0.0646. The largest absolute Gasteiger partial charge is 0.444 e. The minimum atomic E-state index is -4.42. The minimum Gasteiger partial charge on any atom is -0.444 e. The van der Waals surface area contributed by atoms with Gasteiger partial charge in [-0.15, -0.1) is 10.2 Å². The van der Waals surface area contributed by atoms with Crippen molar-refractivity contribution in [3.63, 3.8) is 0 Å². The van der Waals surface area contributed by atoms with Crippen molar-refractivity contribution in [1.29, 1.82) is 5.26 Å². The normalized spacial score (nSPS) is 18.4. The van der Waals surface area contributed by atoms with Gasteiger partial charge in [0, 0.05) is 29.4 Å². The number of ether oxygens (including phenoxy) is 1. The summed E-state index contributed by atoms with van der Waals surface area (Å²) in [6.45, 7) is 5.80. The number of nitriles is 1. The molecule has 4 rings (SSSR count). The van der Waals surface area contributed by atoms with Gasteiger partial charge in [-0.25, -0.2) is 4.79 Å². The van der Waals surface area contributed by atoms with E-state index in [9.17, 15) is 23.2 Å². The van der Waals surface area contributed by atoms with E-state index in [0.29, 0.717) is 27.8 Å². The van der Waals surface area contributed by atoms with Crippen LogP contribution in [0.2, 0.25) is 0 Å². The molecule has 0 aliphatic carbocycles. The molecule has 0 saturated carbocycles. The van der Waals surface area contributed by atoms with Gasteiger partial charge in [0.25, 0.3) is 0 Å². The second-order valence-corrected chi connectivity index (χ2v) is 9.39. The number of aromatic nitrogens is 2. The number of nitrogens with zero attached hydrogens (tertiary/aromatic N) is 4. The lowest BCUT2D eigenvalue weighted by Gasteiger charge is -2.24. The molecule has 1 saturated heterocycles. The van der Waals surface area contributed by atoms with Crippen LogP contribution in [-0.2, 0) is 10.9 Å². The molecule has 2 atom stereocenters. The third kappa shape index (κ3) is 5.29. The summed E-state index contributed by atoms with van der Waals surface area (Å²) < 4.78 is 44.3. The van der Waals surface area contributed by atoms with E-state index in [4.69, 9.17) is 4.74 Å². The van der Waals surface area contributed by atoms with E-state index in [1.807, 2.05) is 18.2 Å². The van der Waals surface area contributed by atoms with Gasteiger partial charge in [-0.05, 0) is 32.9 Å². The molecule has 2 heterocycles. The lowest BCUT2D eigenvalue weighted by molar-refractivity contribution is -0.137. The average molecular weight is 483 g/mol. The molecule has 0 unspecified atom stereocenters. The van der Waals surface area contributed by atoms with Crippen molar-refractivity contribution >= 4 is 22.7 Å². The molecule has 1 aromatic heterocycles. The van der Waals surface area contributed by atoms with E-state index in [0.717, 1.165) is 12.1 Å². The van der Waals surface area contributed by atoms with Crippen molar-refractivity contribution in [3.05, 3.63) is 54.1 Å². The van der Waals surface area contributed by atoms with Crippen LogP contribution in [0.25, 0.3) is 22.0 Å². The van der Waals surface area contributed by atoms with Crippen LogP contribution < -0.4 is 5.32 Å². The number of benzene rings is 2. The Hall–Kier alpha value is -3.87. The first-order chi connectivity index (χ1) is 16.5. The number of likely N-dealkylation sites (tertiary alicyclic amines) is 1. The fourth-order valence-electron chi connectivity index (χ4n) is 3.97. The lowest BCUT2D eigenvalue weighted by Crippen LogP contribution is -2.36. The number of amides is 1. The Balaban J connectivity index is 1.62. The molecular weight excluding hydrogens is 459 g/mol. The van der Waals surface area contributed by atoms with Crippen LogP contribution in [-0.4, -0.2) is 45.9 Å². The first-order valence-corrected chi connectivity index (χ1v) is 11.0. The topological polar surface area (TPSA) is 91.1 Å². The van der Waals surface area contributed by atoms with Crippen LogP contribution in [0.3, 0.4) is 0 Å². The second-order valence-electron chi connectivity index (χ2n) is 9.39. The SMILES string of the molecule is CC(C)(C)OC(=O)N1C[C@@H](C#N)[C@@H](Nc2nnc(-c3ccc(C(F)(F)F)cc3)c3ccccc23)C1. The molecule has 2 aromatic carbocycles. The maximum absolute atomic E-state index is 12.9. The van der Waals surface area contributed by atoms with E-state index in [1.54, 1.807) is 26.8 Å². The summed E-state index contributed by atoms with van der Waals surface area (Å²) in [4.78, 5) is 14.0. The molecule has 1 aliphatic heterocycles. The molecule has 0 radical (unpaired) electrons. The molecule has 0 spiro atoms. The second kappa shape index (κ2) is 9.06. The van der Waals surface area contributed by atoms with Gasteiger partial charge < -0.3 is 15.0 Å². The third-order valence-electron chi connectivity index (χ3n) is 5.63. The van der Waals surface area contributed by atoms with Gasteiger partial charge in [-0.3, -0.25) is 0 Å². The number of fused-ring (bicyclic) bond motifs is 1. The Kier molecular flexibility index (Phi) is 6.28. The Morgan fingerprint density at radius 2 is 1.71 bits per heavy atom. The first kappa shape index (κ1) is 24.3. The molecule has 10 heteroatoms. The molecule has 0 bridgehead atoms. The Labute approximate surface area is 200 Å². The van der Waals surface area contributed by atoms with E-state index >= 15 is 0 Å². The minimum absolute atomic E-state index is 0.220. The van der Waals surface area contributed by atoms with Gasteiger partial charge in [-0.2, -0.15) is 18.4 Å². The van der Waals surface area contributed by atoms with Crippen molar-refractivity contribution in [2.75, 3.05) is 18.4 Å². The summed E-state index contributed by atoms with van der Waals surface area (Å²) in [5.41, 5.74) is -0.450. The summed E-state index contributed by atoms with van der Waals surface area (Å²) >= 11 is 0. The Morgan fingerprint density at radius 1 is 1.06 bits per heavy atom. The van der Waals surface area contributed by atoms with E-state index in [2.05, 4.69) is 21.6 Å². The number of carbonyl (C=O) groups excluding carboxylic acids is 1. The highest BCUT2D eigenvalue weighted by Gasteiger charge is 2.38. The third-order valence-corrected chi connectivity index (χ3v) is 5.63. The van der Waals surface area contributed by atoms with Crippen LogP contribution in [0.4, 0.5) is 23.8 Å². The quantitative estimate of drug-likeness (QED) is 0.530. The van der Waals surface area contributed by atoms with Gasteiger partial charge >= 0.3 is 12.3 Å². The molecule has 7 nitrogen and oxygen atoms in total. The van der Waals surface area contributed by atoms with Gasteiger partial charge in [0.15, 0.2) is 5.82 Å². The molecule has 1 aliphatic rings. The molecule has 3 aromatic rings. The number of halogens is 3. The lowest BCUT2D eigenvalue weighted by atomic mass is 10.0. The fraction of sp³-hybridized carbons (Fsp3) is 0.360.